The first-order valence-electron chi connectivity index (χ1n) is 16.3. The first kappa shape index (κ1) is 27.0. The van der Waals surface area contributed by atoms with E-state index in [9.17, 15) is 5.11 Å². The number of aromatic hydroxyl groups is 1. The summed E-state index contributed by atoms with van der Waals surface area (Å²) < 4.78 is 0. The molecule has 0 bridgehead atoms. The molecule has 0 radical (unpaired) electrons. The third kappa shape index (κ3) is 4.77. The minimum absolute atomic E-state index is 0.137. The van der Waals surface area contributed by atoms with Gasteiger partial charge >= 0.3 is 0 Å². The molecule has 224 valence electrons. The molecule has 9 nitrogen and oxygen atoms in total. The van der Waals surface area contributed by atoms with E-state index in [0.29, 0.717) is 22.6 Å². The molecule has 3 fully saturated rings. The number of anilines is 1. The summed E-state index contributed by atoms with van der Waals surface area (Å²) in [7, 11) is 0. The van der Waals surface area contributed by atoms with Crippen molar-refractivity contribution < 1.29 is 5.11 Å². The summed E-state index contributed by atoms with van der Waals surface area (Å²) in [4.78, 5) is 18.6. The standard InChI is InChI=1S/C34H42N8O/c1-2-29-31-26-17-28(25-5-3-4-6-30(25)43)39-40-32(26)38-27(31)11-16-42(29)33-36-18-23(19-37-33)22-9-14-41(15-10-22)24-7-12-34(13-8-24)20-35-21-34/h3-6,17-19,22,24,29,35,43H,2,7-16,20-21H2,1H3,(H,38,40)/t29-/m1/s1. The van der Waals surface area contributed by atoms with Crippen molar-refractivity contribution in [2.24, 2.45) is 5.41 Å². The van der Waals surface area contributed by atoms with Crippen molar-refractivity contribution in [3.05, 3.63) is 59.5 Å². The zero-order valence-corrected chi connectivity index (χ0v) is 25.1. The van der Waals surface area contributed by atoms with Gasteiger partial charge in [0.15, 0.2) is 5.65 Å². The molecule has 1 saturated carbocycles. The van der Waals surface area contributed by atoms with Gasteiger partial charge in [0.1, 0.15) is 5.75 Å². The molecule has 8 rings (SSSR count). The number of H-pyrrole nitrogens is 1. The molecule has 4 aliphatic rings. The van der Waals surface area contributed by atoms with Crippen LogP contribution in [0, 0.1) is 5.41 Å². The van der Waals surface area contributed by atoms with Crippen molar-refractivity contribution in [3.8, 4) is 17.0 Å². The van der Waals surface area contributed by atoms with Gasteiger partial charge in [0.2, 0.25) is 5.95 Å². The van der Waals surface area contributed by atoms with Crippen LogP contribution in [0.15, 0.2) is 42.7 Å². The highest BCUT2D eigenvalue weighted by Gasteiger charge is 2.41. The minimum atomic E-state index is 0.137. The fourth-order valence-electron chi connectivity index (χ4n) is 8.37. The number of hydrogen-bond acceptors (Lipinski definition) is 8. The predicted molar refractivity (Wildman–Crippen MR) is 168 cm³/mol. The Bertz CT molecular complexity index is 1590. The van der Waals surface area contributed by atoms with Crippen LogP contribution in [-0.4, -0.2) is 73.9 Å². The number of rotatable bonds is 5. The van der Waals surface area contributed by atoms with Crippen LogP contribution < -0.4 is 10.2 Å². The average Bonchev–Trinajstić information content (AvgIpc) is 3.42. The van der Waals surface area contributed by atoms with Crippen molar-refractivity contribution in [1.82, 2.24) is 35.4 Å². The molecule has 1 spiro atoms. The van der Waals surface area contributed by atoms with Crippen LogP contribution in [0.3, 0.4) is 0 Å². The molecular formula is C34H42N8O. The van der Waals surface area contributed by atoms with Crippen molar-refractivity contribution in [3.63, 3.8) is 0 Å². The van der Waals surface area contributed by atoms with Gasteiger partial charge < -0.3 is 25.2 Å². The number of nitrogens with zero attached hydrogens (tertiary/aromatic N) is 6. The summed E-state index contributed by atoms with van der Waals surface area (Å²) in [6.07, 6.45) is 13.9. The van der Waals surface area contributed by atoms with Gasteiger partial charge in [-0.25, -0.2) is 9.97 Å². The monoisotopic (exact) mass is 578 g/mol. The molecule has 0 unspecified atom stereocenters. The largest absolute Gasteiger partial charge is 0.507 e. The van der Waals surface area contributed by atoms with Gasteiger partial charge in [-0.15, -0.1) is 10.2 Å². The van der Waals surface area contributed by atoms with E-state index >= 15 is 0 Å². The predicted octanol–water partition coefficient (Wildman–Crippen LogP) is 5.35. The van der Waals surface area contributed by atoms with Crippen LogP contribution in [0.5, 0.6) is 5.75 Å². The van der Waals surface area contributed by atoms with Gasteiger partial charge in [0.25, 0.3) is 0 Å². The Labute approximate surface area is 253 Å². The van der Waals surface area contributed by atoms with Gasteiger partial charge in [-0.1, -0.05) is 19.1 Å². The molecule has 3 N–H and O–H groups in total. The van der Waals surface area contributed by atoms with Crippen LogP contribution >= 0.6 is 0 Å². The Hall–Kier alpha value is -3.56. The van der Waals surface area contributed by atoms with Crippen LogP contribution in [0.25, 0.3) is 22.3 Å². The Balaban J connectivity index is 0.972. The lowest BCUT2D eigenvalue weighted by Gasteiger charge is -2.50. The molecule has 1 aliphatic carbocycles. The second kappa shape index (κ2) is 10.9. The summed E-state index contributed by atoms with van der Waals surface area (Å²) >= 11 is 0. The number of para-hydroxylation sites is 1. The van der Waals surface area contributed by atoms with E-state index in [1.165, 1.54) is 81.5 Å². The molecule has 43 heavy (non-hydrogen) atoms. The molecule has 3 aromatic heterocycles. The number of benzene rings is 1. The molecule has 0 amide bonds. The Kier molecular flexibility index (Phi) is 6.82. The Morgan fingerprint density at radius 2 is 1.74 bits per heavy atom. The minimum Gasteiger partial charge on any atom is -0.507 e. The highest BCUT2D eigenvalue weighted by Crippen LogP contribution is 2.43. The van der Waals surface area contributed by atoms with Crippen molar-refractivity contribution in [2.45, 2.75) is 76.3 Å². The normalized spacial score (nSPS) is 23.0. The summed E-state index contributed by atoms with van der Waals surface area (Å²) in [6.45, 7) is 7.96. The van der Waals surface area contributed by atoms with Gasteiger partial charge in [0, 0.05) is 66.7 Å². The maximum Gasteiger partial charge on any atom is 0.225 e. The van der Waals surface area contributed by atoms with Crippen molar-refractivity contribution >= 4 is 17.0 Å². The molecule has 4 aromatic rings. The number of aromatic nitrogens is 5. The van der Waals surface area contributed by atoms with Crippen LogP contribution in [-0.2, 0) is 6.42 Å². The zero-order valence-electron chi connectivity index (χ0n) is 25.1. The number of likely N-dealkylation sites (tertiary alicyclic amines) is 1. The van der Waals surface area contributed by atoms with E-state index < -0.39 is 0 Å². The number of hydrogen-bond donors (Lipinski definition) is 3. The van der Waals surface area contributed by atoms with E-state index in [1.807, 2.05) is 18.2 Å². The van der Waals surface area contributed by atoms with Gasteiger partial charge in [-0.2, -0.15) is 0 Å². The van der Waals surface area contributed by atoms with Gasteiger partial charge in [-0.3, -0.25) is 0 Å². The number of aromatic amines is 1. The molecule has 6 heterocycles. The lowest BCUT2D eigenvalue weighted by atomic mass is 9.68. The molecular weight excluding hydrogens is 536 g/mol. The second-order valence-electron chi connectivity index (χ2n) is 13.4. The summed E-state index contributed by atoms with van der Waals surface area (Å²) in [6, 6.07) is 10.3. The Morgan fingerprint density at radius 1 is 0.977 bits per heavy atom. The van der Waals surface area contributed by atoms with Crippen LogP contribution in [0.2, 0.25) is 0 Å². The van der Waals surface area contributed by atoms with E-state index in [0.717, 1.165) is 42.4 Å². The first-order chi connectivity index (χ1) is 21.1. The number of nitrogens with one attached hydrogen (secondary N) is 2. The maximum atomic E-state index is 10.4. The number of piperidine rings is 1. The lowest BCUT2D eigenvalue weighted by Crippen LogP contribution is -2.57. The van der Waals surface area contributed by atoms with E-state index in [-0.39, 0.29) is 11.8 Å². The third-order valence-electron chi connectivity index (χ3n) is 11.0. The SMILES string of the molecule is CC[C@@H]1c2c([nH]c3nnc(-c4ccccc4O)cc23)CCN1c1ncc(C2CCN(C3CCC4(CC3)CNC4)CC2)cn1. The molecule has 1 aromatic carbocycles. The maximum absolute atomic E-state index is 10.4. The van der Waals surface area contributed by atoms with E-state index in [2.05, 4.69) is 55.7 Å². The fourth-order valence-corrected chi connectivity index (χ4v) is 8.37. The third-order valence-corrected chi connectivity index (χ3v) is 11.0. The van der Waals surface area contributed by atoms with Crippen LogP contribution in [0.1, 0.15) is 80.7 Å². The van der Waals surface area contributed by atoms with Gasteiger partial charge in [-0.05, 0) is 93.1 Å². The Morgan fingerprint density at radius 3 is 2.44 bits per heavy atom. The molecule has 3 aliphatic heterocycles. The number of phenols is 1. The van der Waals surface area contributed by atoms with E-state index in [4.69, 9.17) is 9.97 Å². The molecule has 1 atom stereocenters. The topological polar surface area (TPSA) is 106 Å². The average molecular weight is 579 g/mol. The van der Waals surface area contributed by atoms with Gasteiger partial charge in [0.05, 0.1) is 11.7 Å². The fraction of sp³-hybridized carbons (Fsp3) is 0.529. The summed E-state index contributed by atoms with van der Waals surface area (Å²) in [5.41, 5.74) is 6.54. The zero-order chi connectivity index (χ0) is 29.0. The number of fused-ring (bicyclic) bond motifs is 3. The van der Waals surface area contributed by atoms with E-state index in [1.54, 1.807) is 6.07 Å². The highest BCUT2D eigenvalue weighted by molar-refractivity contribution is 5.86. The summed E-state index contributed by atoms with van der Waals surface area (Å²) in [5.74, 6) is 1.56. The van der Waals surface area contributed by atoms with Crippen LogP contribution in [0.4, 0.5) is 5.95 Å². The summed E-state index contributed by atoms with van der Waals surface area (Å²) in [5, 5.41) is 23.9. The lowest BCUT2D eigenvalue weighted by molar-refractivity contribution is 0.0403. The van der Waals surface area contributed by atoms with Crippen molar-refractivity contribution in [1.29, 1.82) is 0 Å². The molecule has 9 heteroatoms. The highest BCUT2D eigenvalue weighted by atomic mass is 16.3. The number of phenolic OH excluding ortho intramolecular Hbond substituents is 1. The molecule has 2 saturated heterocycles. The smallest absolute Gasteiger partial charge is 0.225 e. The van der Waals surface area contributed by atoms with Crippen molar-refractivity contribution in [2.75, 3.05) is 37.6 Å². The first-order valence-corrected chi connectivity index (χ1v) is 16.3. The quantitative estimate of drug-likeness (QED) is 0.291. The second-order valence-corrected chi connectivity index (χ2v) is 13.4.